The summed E-state index contributed by atoms with van der Waals surface area (Å²) in [6.45, 7) is 5.64. The molecule has 0 bridgehead atoms. The van der Waals surface area contributed by atoms with Crippen LogP contribution in [-0.2, 0) is 15.9 Å². The van der Waals surface area contributed by atoms with E-state index < -0.39 is 12.4 Å². The third kappa shape index (κ3) is 13.3. The zero-order valence-electron chi connectivity index (χ0n) is 19.4. The van der Waals surface area contributed by atoms with Crippen molar-refractivity contribution in [3.63, 3.8) is 0 Å². The summed E-state index contributed by atoms with van der Waals surface area (Å²) in [5.74, 6) is -0.253. The molecule has 6 heteroatoms. The minimum absolute atomic E-state index is 0.0735. The van der Waals surface area contributed by atoms with Crippen molar-refractivity contribution in [3.8, 4) is 11.5 Å². The zero-order valence-corrected chi connectivity index (χ0v) is 19.4. The Hall–Kier alpha value is -1.79. The van der Waals surface area contributed by atoms with Gasteiger partial charge in [0.15, 0.2) is 17.8 Å². The van der Waals surface area contributed by atoms with Crippen molar-refractivity contribution < 1.29 is 29.2 Å². The number of hydrogen-bond donors (Lipinski definition) is 2. The predicted molar refractivity (Wildman–Crippen MR) is 123 cm³/mol. The predicted octanol–water partition coefficient (Wildman–Crippen LogP) is 7.07. The molecule has 0 unspecified atom stereocenters. The van der Waals surface area contributed by atoms with Crippen LogP contribution in [-0.4, -0.2) is 35.9 Å². The van der Waals surface area contributed by atoms with Gasteiger partial charge >= 0.3 is 6.16 Å². The summed E-state index contributed by atoms with van der Waals surface area (Å²) in [6, 6.07) is 4.82. The minimum atomic E-state index is -1.46. The Kier molecular flexibility index (Phi) is 15.7. The number of para-hydroxylation sites is 1. The standard InChI is InChI=1S/C25H42O6/c1-3-5-7-9-11-13-18-29-23(30-19-14-12-10-8-6-4-2)20-21-16-15-17-22(24(21)26)31-25(27)28/h15-17,23,26H,3-14,18-20H2,1-2H3,(H,27,28). The van der Waals surface area contributed by atoms with Gasteiger partial charge < -0.3 is 24.4 Å². The third-order valence-electron chi connectivity index (χ3n) is 5.27. The molecule has 0 amide bonds. The molecule has 0 fully saturated rings. The summed E-state index contributed by atoms with van der Waals surface area (Å²) in [4.78, 5) is 10.8. The number of carbonyl (C=O) groups is 1. The fourth-order valence-electron chi connectivity index (χ4n) is 3.45. The van der Waals surface area contributed by atoms with Gasteiger partial charge in [-0.2, -0.15) is 0 Å². The molecule has 1 rings (SSSR count). The summed E-state index contributed by atoms with van der Waals surface area (Å²) in [7, 11) is 0. The quantitative estimate of drug-likeness (QED) is 0.104. The molecular weight excluding hydrogens is 396 g/mol. The second-order valence-electron chi connectivity index (χ2n) is 8.04. The molecule has 31 heavy (non-hydrogen) atoms. The van der Waals surface area contributed by atoms with Crippen LogP contribution < -0.4 is 4.74 Å². The largest absolute Gasteiger partial charge is 0.511 e. The number of ether oxygens (including phenoxy) is 3. The minimum Gasteiger partial charge on any atom is -0.504 e. The highest BCUT2D eigenvalue weighted by atomic mass is 16.7. The number of unbranched alkanes of at least 4 members (excludes halogenated alkanes) is 10. The number of carboxylic acid groups (broad SMARTS) is 1. The molecule has 0 aliphatic rings. The maximum Gasteiger partial charge on any atom is 0.511 e. The van der Waals surface area contributed by atoms with Crippen LogP contribution >= 0.6 is 0 Å². The number of phenolic OH excluding ortho intramolecular Hbond substituents is 1. The van der Waals surface area contributed by atoms with Crippen LogP contribution in [0.2, 0.25) is 0 Å². The lowest BCUT2D eigenvalue weighted by Crippen LogP contribution is -2.22. The van der Waals surface area contributed by atoms with Crippen LogP contribution in [0.1, 0.15) is 96.5 Å². The van der Waals surface area contributed by atoms with Gasteiger partial charge in [-0.25, -0.2) is 4.79 Å². The van der Waals surface area contributed by atoms with Gasteiger partial charge in [0.1, 0.15) is 0 Å². The number of hydrogen-bond acceptors (Lipinski definition) is 5. The number of phenols is 1. The van der Waals surface area contributed by atoms with Gasteiger partial charge in [0.05, 0.1) is 0 Å². The van der Waals surface area contributed by atoms with E-state index in [9.17, 15) is 9.90 Å². The summed E-state index contributed by atoms with van der Waals surface area (Å²) >= 11 is 0. The molecule has 0 saturated carbocycles. The van der Waals surface area contributed by atoms with Crippen molar-refractivity contribution in [1.82, 2.24) is 0 Å². The highest BCUT2D eigenvalue weighted by Gasteiger charge is 2.17. The summed E-state index contributed by atoms with van der Waals surface area (Å²) < 4.78 is 16.6. The van der Waals surface area contributed by atoms with Gasteiger partial charge in [-0.05, 0) is 18.9 Å². The Morgan fingerprint density at radius 3 is 1.87 bits per heavy atom. The van der Waals surface area contributed by atoms with Gasteiger partial charge in [-0.3, -0.25) is 0 Å². The molecule has 0 atom stereocenters. The van der Waals surface area contributed by atoms with E-state index in [-0.39, 0.29) is 11.5 Å². The maximum absolute atomic E-state index is 10.8. The topological polar surface area (TPSA) is 85.2 Å². The van der Waals surface area contributed by atoms with Gasteiger partial charge in [-0.1, -0.05) is 90.2 Å². The van der Waals surface area contributed by atoms with E-state index in [0.717, 1.165) is 25.7 Å². The molecule has 0 aliphatic carbocycles. The average molecular weight is 439 g/mol. The number of benzene rings is 1. The Morgan fingerprint density at radius 1 is 0.839 bits per heavy atom. The van der Waals surface area contributed by atoms with E-state index in [1.54, 1.807) is 12.1 Å². The highest BCUT2D eigenvalue weighted by Crippen LogP contribution is 2.31. The van der Waals surface area contributed by atoms with E-state index >= 15 is 0 Å². The molecule has 1 aromatic rings. The van der Waals surface area contributed by atoms with Crippen molar-refractivity contribution in [2.45, 2.75) is 104 Å². The Bertz CT molecular complexity index is 571. The SMILES string of the molecule is CCCCCCCCOC(Cc1cccc(OC(=O)O)c1O)OCCCCCCCC. The van der Waals surface area contributed by atoms with E-state index in [0.29, 0.717) is 25.2 Å². The van der Waals surface area contributed by atoms with Crippen molar-refractivity contribution in [3.05, 3.63) is 23.8 Å². The molecule has 0 radical (unpaired) electrons. The molecule has 6 nitrogen and oxygen atoms in total. The van der Waals surface area contributed by atoms with E-state index in [1.807, 2.05) is 0 Å². The van der Waals surface area contributed by atoms with Crippen LogP contribution in [0.5, 0.6) is 11.5 Å². The second kappa shape index (κ2) is 17.8. The highest BCUT2D eigenvalue weighted by molar-refractivity contribution is 5.63. The van der Waals surface area contributed by atoms with Crippen LogP contribution in [0.25, 0.3) is 0 Å². The van der Waals surface area contributed by atoms with Gasteiger partial charge in [-0.15, -0.1) is 0 Å². The van der Waals surface area contributed by atoms with Crippen LogP contribution in [0, 0.1) is 0 Å². The molecule has 1 aromatic carbocycles. The number of aromatic hydroxyl groups is 1. The third-order valence-corrected chi connectivity index (χ3v) is 5.27. The normalized spacial score (nSPS) is 11.2. The number of rotatable bonds is 19. The monoisotopic (exact) mass is 438 g/mol. The first-order chi connectivity index (χ1) is 15.1. The fourth-order valence-corrected chi connectivity index (χ4v) is 3.45. The van der Waals surface area contributed by atoms with Crippen LogP contribution in [0.15, 0.2) is 18.2 Å². The van der Waals surface area contributed by atoms with Crippen molar-refractivity contribution in [2.24, 2.45) is 0 Å². The lowest BCUT2D eigenvalue weighted by atomic mass is 10.1. The van der Waals surface area contributed by atoms with Gasteiger partial charge in [0.25, 0.3) is 0 Å². The molecule has 2 N–H and O–H groups in total. The van der Waals surface area contributed by atoms with Gasteiger partial charge in [0.2, 0.25) is 0 Å². The second-order valence-corrected chi connectivity index (χ2v) is 8.04. The molecule has 0 aromatic heterocycles. The molecule has 0 spiro atoms. The lowest BCUT2D eigenvalue weighted by molar-refractivity contribution is -0.142. The molecular formula is C25H42O6. The summed E-state index contributed by atoms with van der Waals surface area (Å²) in [5.41, 5.74) is 0.551. The molecule has 178 valence electrons. The maximum atomic E-state index is 10.8. The first-order valence-electron chi connectivity index (χ1n) is 12.0. The average Bonchev–Trinajstić information content (AvgIpc) is 2.74. The van der Waals surface area contributed by atoms with Crippen LogP contribution in [0.4, 0.5) is 4.79 Å². The zero-order chi connectivity index (χ0) is 22.7. The first kappa shape index (κ1) is 27.2. The van der Waals surface area contributed by atoms with Crippen molar-refractivity contribution in [2.75, 3.05) is 13.2 Å². The van der Waals surface area contributed by atoms with Crippen molar-refractivity contribution in [1.29, 1.82) is 0 Å². The van der Waals surface area contributed by atoms with Crippen LogP contribution in [0.3, 0.4) is 0 Å². The fraction of sp³-hybridized carbons (Fsp3) is 0.720. The van der Waals surface area contributed by atoms with Crippen molar-refractivity contribution >= 4 is 6.16 Å². The summed E-state index contributed by atoms with van der Waals surface area (Å²) in [6.07, 6.45) is 12.6. The smallest absolute Gasteiger partial charge is 0.504 e. The Labute approximate surface area is 187 Å². The molecule has 0 heterocycles. The van der Waals surface area contributed by atoms with E-state index in [4.69, 9.17) is 14.6 Å². The van der Waals surface area contributed by atoms with E-state index in [2.05, 4.69) is 18.6 Å². The Balaban J connectivity index is 2.53. The lowest BCUT2D eigenvalue weighted by Gasteiger charge is -2.20. The molecule has 0 aliphatic heterocycles. The van der Waals surface area contributed by atoms with E-state index in [1.165, 1.54) is 57.4 Å². The molecule has 0 saturated heterocycles. The summed E-state index contributed by atoms with van der Waals surface area (Å²) in [5, 5.41) is 19.2. The van der Waals surface area contributed by atoms with Gasteiger partial charge in [0, 0.05) is 25.2 Å². The Morgan fingerprint density at radius 2 is 1.35 bits per heavy atom. The first-order valence-corrected chi connectivity index (χ1v) is 12.0.